The summed E-state index contributed by atoms with van der Waals surface area (Å²) in [4.78, 5) is 9.18. The fourth-order valence-corrected chi connectivity index (χ4v) is 4.10. The molecule has 152 valence electrons. The average Bonchev–Trinajstić information content (AvgIpc) is 2.74. The van der Waals surface area contributed by atoms with Crippen LogP contribution in [0.4, 0.5) is 17.3 Å². The first-order valence-electron chi connectivity index (χ1n) is 9.36. The number of aromatic nitrogens is 2. The number of sulfonamides is 1. The van der Waals surface area contributed by atoms with Crippen LogP contribution >= 0.6 is 11.6 Å². The summed E-state index contributed by atoms with van der Waals surface area (Å²) >= 11 is 5.88. The molecule has 0 fully saturated rings. The molecule has 0 aliphatic rings. The van der Waals surface area contributed by atoms with Gasteiger partial charge in [-0.05, 0) is 60.5 Å². The summed E-state index contributed by atoms with van der Waals surface area (Å²) in [6.07, 6.45) is 0.884. The van der Waals surface area contributed by atoms with E-state index in [1.54, 1.807) is 6.07 Å². The van der Waals surface area contributed by atoms with Crippen molar-refractivity contribution < 1.29 is 8.42 Å². The van der Waals surface area contributed by atoms with E-state index in [9.17, 15) is 8.42 Å². The lowest BCUT2D eigenvalue weighted by molar-refractivity contribution is 0.601. The molecule has 0 saturated heterocycles. The Bertz CT molecular complexity index is 1310. The zero-order valence-corrected chi connectivity index (χ0v) is 17.7. The number of nitrogens with zero attached hydrogens (tertiary/aromatic N) is 2. The molecule has 0 aliphatic carbocycles. The third-order valence-corrected chi connectivity index (χ3v) is 6.13. The molecule has 1 aromatic heterocycles. The van der Waals surface area contributed by atoms with Crippen molar-refractivity contribution in [3.63, 3.8) is 0 Å². The molecule has 4 rings (SSSR count). The van der Waals surface area contributed by atoms with E-state index in [0.29, 0.717) is 21.9 Å². The standard InChI is InChI=1S/C22H19ClN4O2S/c1-2-15-6-5-7-17(14-15)24-21-22(26-20-9-4-3-8-19(20)25-21)27-30(28,29)18-12-10-16(23)11-13-18/h3-14H,2H2,1H3,(H,24,25)(H,26,27). The molecule has 3 aromatic carbocycles. The number of benzene rings is 3. The normalized spacial score (nSPS) is 11.4. The summed E-state index contributed by atoms with van der Waals surface area (Å²) in [5.74, 6) is 0.435. The summed E-state index contributed by atoms with van der Waals surface area (Å²) in [6.45, 7) is 2.07. The second-order valence-corrected chi connectivity index (χ2v) is 8.77. The Hall–Kier alpha value is -3.16. The largest absolute Gasteiger partial charge is 0.337 e. The van der Waals surface area contributed by atoms with Gasteiger partial charge in [-0.2, -0.15) is 0 Å². The number of para-hydroxylation sites is 2. The van der Waals surface area contributed by atoms with E-state index >= 15 is 0 Å². The van der Waals surface area contributed by atoms with Gasteiger partial charge < -0.3 is 5.32 Å². The molecular weight excluding hydrogens is 420 g/mol. The third-order valence-electron chi connectivity index (χ3n) is 4.52. The Kier molecular flexibility index (Phi) is 5.57. The molecule has 0 unspecified atom stereocenters. The maximum Gasteiger partial charge on any atom is 0.263 e. The van der Waals surface area contributed by atoms with Crippen LogP contribution in [-0.4, -0.2) is 18.4 Å². The number of aryl methyl sites for hydroxylation is 1. The molecule has 0 atom stereocenters. The number of anilines is 3. The highest BCUT2D eigenvalue weighted by molar-refractivity contribution is 7.92. The van der Waals surface area contributed by atoms with Crippen molar-refractivity contribution in [3.8, 4) is 0 Å². The smallest absolute Gasteiger partial charge is 0.263 e. The monoisotopic (exact) mass is 438 g/mol. The van der Waals surface area contributed by atoms with Gasteiger partial charge in [0, 0.05) is 10.7 Å². The lowest BCUT2D eigenvalue weighted by atomic mass is 10.1. The minimum absolute atomic E-state index is 0.0841. The van der Waals surface area contributed by atoms with Gasteiger partial charge in [0.25, 0.3) is 10.0 Å². The number of hydrogen-bond acceptors (Lipinski definition) is 5. The summed E-state index contributed by atoms with van der Waals surface area (Å²) in [7, 11) is -3.88. The first-order chi connectivity index (χ1) is 14.4. The van der Waals surface area contributed by atoms with Crippen LogP contribution in [0.15, 0.2) is 77.7 Å². The van der Waals surface area contributed by atoms with Gasteiger partial charge in [0.1, 0.15) is 0 Å². The Morgan fingerprint density at radius 2 is 1.53 bits per heavy atom. The second-order valence-electron chi connectivity index (χ2n) is 6.65. The fourth-order valence-electron chi connectivity index (χ4n) is 2.96. The fraction of sp³-hybridized carbons (Fsp3) is 0.0909. The minimum atomic E-state index is -3.88. The van der Waals surface area contributed by atoms with Crippen molar-refractivity contribution in [1.29, 1.82) is 0 Å². The average molecular weight is 439 g/mol. The van der Waals surface area contributed by atoms with E-state index in [0.717, 1.165) is 17.7 Å². The number of fused-ring (bicyclic) bond motifs is 1. The highest BCUT2D eigenvalue weighted by atomic mass is 35.5. The molecule has 2 N–H and O–H groups in total. The molecule has 0 radical (unpaired) electrons. The van der Waals surface area contributed by atoms with Gasteiger partial charge in [0.05, 0.1) is 15.9 Å². The van der Waals surface area contributed by atoms with Crippen molar-refractivity contribution in [2.45, 2.75) is 18.2 Å². The molecule has 4 aromatic rings. The van der Waals surface area contributed by atoms with Gasteiger partial charge in [-0.25, -0.2) is 18.4 Å². The molecule has 0 spiro atoms. The summed E-state index contributed by atoms with van der Waals surface area (Å²) in [5.41, 5.74) is 3.18. The Balaban J connectivity index is 1.77. The molecule has 0 saturated carbocycles. The predicted octanol–water partition coefficient (Wildman–Crippen LogP) is 5.39. The van der Waals surface area contributed by atoms with Gasteiger partial charge in [-0.3, -0.25) is 4.72 Å². The van der Waals surface area contributed by atoms with E-state index in [1.165, 1.54) is 24.3 Å². The predicted molar refractivity (Wildman–Crippen MR) is 121 cm³/mol. The van der Waals surface area contributed by atoms with Crippen molar-refractivity contribution >= 4 is 50.0 Å². The van der Waals surface area contributed by atoms with Crippen LogP contribution in [0.25, 0.3) is 11.0 Å². The van der Waals surface area contributed by atoms with E-state index in [1.807, 2.05) is 42.5 Å². The zero-order chi connectivity index (χ0) is 21.1. The Morgan fingerprint density at radius 3 is 2.20 bits per heavy atom. The van der Waals surface area contributed by atoms with Gasteiger partial charge in [-0.15, -0.1) is 0 Å². The van der Waals surface area contributed by atoms with Crippen LogP contribution in [0, 0.1) is 0 Å². The van der Waals surface area contributed by atoms with Crippen molar-refractivity contribution in [2.75, 3.05) is 10.0 Å². The van der Waals surface area contributed by atoms with Gasteiger partial charge in [-0.1, -0.05) is 42.8 Å². The minimum Gasteiger partial charge on any atom is -0.337 e. The molecule has 1 heterocycles. The van der Waals surface area contributed by atoms with Crippen molar-refractivity contribution in [1.82, 2.24) is 9.97 Å². The maximum absolute atomic E-state index is 12.9. The molecule has 0 aliphatic heterocycles. The quantitative estimate of drug-likeness (QED) is 0.421. The number of rotatable bonds is 6. The SMILES string of the molecule is CCc1cccc(Nc2nc3ccccc3nc2NS(=O)(=O)c2ccc(Cl)cc2)c1. The number of halogens is 1. The molecule has 0 amide bonds. The molecule has 8 heteroatoms. The van der Waals surface area contributed by atoms with Gasteiger partial charge in [0.2, 0.25) is 0 Å². The lowest BCUT2D eigenvalue weighted by Crippen LogP contribution is -2.16. The van der Waals surface area contributed by atoms with Crippen molar-refractivity contribution in [2.24, 2.45) is 0 Å². The van der Waals surface area contributed by atoms with E-state index < -0.39 is 10.0 Å². The molecule has 0 bridgehead atoms. The Morgan fingerprint density at radius 1 is 0.867 bits per heavy atom. The molecule has 30 heavy (non-hydrogen) atoms. The topological polar surface area (TPSA) is 84.0 Å². The van der Waals surface area contributed by atoms with E-state index in [4.69, 9.17) is 11.6 Å². The van der Waals surface area contributed by atoms with Gasteiger partial charge in [0.15, 0.2) is 11.6 Å². The molecule has 6 nitrogen and oxygen atoms in total. The van der Waals surface area contributed by atoms with Crippen LogP contribution in [0.1, 0.15) is 12.5 Å². The summed E-state index contributed by atoms with van der Waals surface area (Å²) in [6, 6.07) is 21.1. The van der Waals surface area contributed by atoms with Gasteiger partial charge >= 0.3 is 0 Å². The second kappa shape index (κ2) is 8.30. The number of nitrogens with one attached hydrogen (secondary N) is 2. The van der Waals surface area contributed by atoms with Crippen LogP contribution < -0.4 is 10.0 Å². The number of hydrogen-bond donors (Lipinski definition) is 2. The maximum atomic E-state index is 12.9. The van der Waals surface area contributed by atoms with E-state index in [2.05, 4.69) is 26.9 Å². The van der Waals surface area contributed by atoms with Crippen LogP contribution in [0.5, 0.6) is 0 Å². The summed E-state index contributed by atoms with van der Waals surface area (Å²) < 4.78 is 28.4. The highest BCUT2D eigenvalue weighted by Gasteiger charge is 2.19. The highest BCUT2D eigenvalue weighted by Crippen LogP contribution is 2.27. The van der Waals surface area contributed by atoms with Crippen LogP contribution in [0.3, 0.4) is 0 Å². The first-order valence-corrected chi connectivity index (χ1v) is 11.2. The summed E-state index contributed by atoms with van der Waals surface area (Å²) in [5, 5.41) is 3.66. The Labute approximate surface area is 180 Å². The zero-order valence-electron chi connectivity index (χ0n) is 16.1. The molecular formula is C22H19ClN4O2S. The van der Waals surface area contributed by atoms with Crippen LogP contribution in [0.2, 0.25) is 5.02 Å². The van der Waals surface area contributed by atoms with Crippen LogP contribution in [-0.2, 0) is 16.4 Å². The first kappa shape index (κ1) is 20.1. The third kappa shape index (κ3) is 4.37. The van der Waals surface area contributed by atoms with Crippen molar-refractivity contribution in [3.05, 3.63) is 83.4 Å². The van der Waals surface area contributed by atoms with E-state index in [-0.39, 0.29) is 10.7 Å². The lowest BCUT2D eigenvalue weighted by Gasteiger charge is -2.14.